The van der Waals surface area contributed by atoms with E-state index in [4.69, 9.17) is 9.15 Å². The molecular formula is C18H24N2O3. The average Bonchev–Trinajstić information content (AvgIpc) is 2.92. The second-order valence-electron chi connectivity index (χ2n) is 6.42. The Balaban J connectivity index is 1.76. The molecule has 0 N–H and O–H groups in total. The lowest BCUT2D eigenvalue weighted by Crippen LogP contribution is -2.46. The first-order valence-electron chi connectivity index (χ1n) is 8.09. The maximum absolute atomic E-state index is 12.9. The summed E-state index contributed by atoms with van der Waals surface area (Å²) in [5, 5.41) is 0.978. The minimum atomic E-state index is 0.0307. The number of morpholine rings is 1. The number of amides is 1. The van der Waals surface area contributed by atoms with Gasteiger partial charge in [-0.3, -0.25) is 4.79 Å². The maximum atomic E-state index is 12.9. The van der Waals surface area contributed by atoms with E-state index >= 15 is 0 Å². The van der Waals surface area contributed by atoms with Crippen molar-refractivity contribution in [2.24, 2.45) is 0 Å². The molecule has 23 heavy (non-hydrogen) atoms. The van der Waals surface area contributed by atoms with Crippen LogP contribution < -0.4 is 0 Å². The number of benzene rings is 1. The molecule has 5 heteroatoms. The molecule has 0 aliphatic carbocycles. The fraction of sp³-hybridized carbons (Fsp3) is 0.500. The Morgan fingerprint density at radius 2 is 2.22 bits per heavy atom. The fourth-order valence-electron chi connectivity index (χ4n) is 3.01. The molecule has 0 saturated carbocycles. The van der Waals surface area contributed by atoms with E-state index < -0.39 is 0 Å². The van der Waals surface area contributed by atoms with E-state index in [2.05, 4.69) is 4.90 Å². The van der Waals surface area contributed by atoms with Gasteiger partial charge in [-0.25, -0.2) is 0 Å². The molecule has 1 saturated heterocycles. The molecule has 1 aliphatic rings. The summed E-state index contributed by atoms with van der Waals surface area (Å²) >= 11 is 0. The van der Waals surface area contributed by atoms with Crippen molar-refractivity contribution < 1.29 is 13.9 Å². The predicted molar refractivity (Wildman–Crippen MR) is 89.8 cm³/mol. The van der Waals surface area contributed by atoms with Gasteiger partial charge >= 0.3 is 0 Å². The van der Waals surface area contributed by atoms with Crippen LogP contribution in [0.25, 0.3) is 11.0 Å². The van der Waals surface area contributed by atoms with Crippen molar-refractivity contribution >= 4 is 16.9 Å². The van der Waals surface area contributed by atoms with Crippen LogP contribution in [0.5, 0.6) is 0 Å². The number of hydrogen-bond donors (Lipinski definition) is 0. The molecule has 5 nitrogen and oxygen atoms in total. The highest BCUT2D eigenvalue weighted by molar-refractivity contribution is 6.05. The molecule has 124 valence electrons. The first-order chi connectivity index (χ1) is 11.0. The molecule has 1 aliphatic heterocycles. The number of furan rings is 1. The molecule has 0 radical (unpaired) electrons. The molecule has 1 amide bonds. The zero-order valence-electron chi connectivity index (χ0n) is 14.0. The SMILES string of the molecule is Cc1cc2cccc(C(=O)N3CCO[C@H](CCN(C)C)C3)c2o1. The first-order valence-corrected chi connectivity index (χ1v) is 8.09. The summed E-state index contributed by atoms with van der Waals surface area (Å²) in [5.74, 6) is 0.856. The Hall–Kier alpha value is -1.85. The van der Waals surface area contributed by atoms with Crippen molar-refractivity contribution in [2.45, 2.75) is 19.4 Å². The van der Waals surface area contributed by atoms with E-state index in [0.29, 0.717) is 30.8 Å². The summed E-state index contributed by atoms with van der Waals surface area (Å²) in [4.78, 5) is 16.9. The third-order valence-electron chi connectivity index (χ3n) is 4.22. The molecule has 2 heterocycles. The van der Waals surface area contributed by atoms with Gasteiger partial charge in [0.05, 0.1) is 18.3 Å². The van der Waals surface area contributed by atoms with Crippen LogP contribution in [0, 0.1) is 6.92 Å². The van der Waals surface area contributed by atoms with Gasteiger partial charge in [0.15, 0.2) is 0 Å². The normalized spacial score (nSPS) is 18.8. The number of hydrogen-bond acceptors (Lipinski definition) is 4. The number of rotatable bonds is 4. The quantitative estimate of drug-likeness (QED) is 0.869. The molecule has 3 rings (SSSR count). The third kappa shape index (κ3) is 3.57. The predicted octanol–water partition coefficient (Wildman–Crippen LogP) is 2.53. The van der Waals surface area contributed by atoms with E-state index in [-0.39, 0.29) is 12.0 Å². The number of fused-ring (bicyclic) bond motifs is 1. The second-order valence-corrected chi connectivity index (χ2v) is 6.42. The van der Waals surface area contributed by atoms with E-state index in [1.54, 1.807) is 0 Å². The average molecular weight is 316 g/mol. The lowest BCUT2D eigenvalue weighted by atomic mass is 10.1. The molecule has 1 fully saturated rings. The number of carbonyl (C=O) groups is 1. The lowest BCUT2D eigenvalue weighted by molar-refractivity contribution is -0.0269. The highest BCUT2D eigenvalue weighted by Gasteiger charge is 2.26. The summed E-state index contributed by atoms with van der Waals surface area (Å²) in [6.45, 7) is 4.73. The Morgan fingerprint density at radius 1 is 1.39 bits per heavy atom. The van der Waals surface area contributed by atoms with Crippen LogP contribution in [0.15, 0.2) is 28.7 Å². The summed E-state index contributed by atoms with van der Waals surface area (Å²) in [6, 6.07) is 7.69. The standard InChI is InChI=1S/C18H24N2O3/c1-13-11-14-5-4-6-16(17(14)23-13)18(21)20-9-10-22-15(12-20)7-8-19(2)3/h4-6,11,15H,7-10,12H2,1-3H3/t15-/m1/s1. The highest BCUT2D eigenvalue weighted by atomic mass is 16.5. The Labute approximate surface area is 136 Å². The van der Waals surface area contributed by atoms with E-state index in [1.165, 1.54) is 0 Å². The molecular weight excluding hydrogens is 292 g/mol. The van der Waals surface area contributed by atoms with Gasteiger partial charge in [-0.15, -0.1) is 0 Å². The van der Waals surface area contributed by atoms with Crippen LogP contribution in [-0.2, 0) is 4.74 Å². The van der Waals surface area contributed by atoms with Crippen LogP contribution in [0.4, 0.5) is 0 Å². The van der Waals surface area contributed by atoms with Gasteiger partial charge in [0.1, 0.15) is 11.3 Å². The van der Waals surface area contributed by atoms with Crippen LogP contribution in [0.1, 0.15) is 22.5 Å². The molecule has 0 bridgehead atoms. The van der Waals surface area contributed by atoms with E-state index in [9.17, 15) is 4.79 Å². The number of nitrogens with zero attached hydrogens (tertiary/aromatic N) is 2. The summed E-state index contributed by atoms with van der Waals surface area (Å²) < 4.78 is 11.5. The fourth-order valence-corrected chi connectivity index (χ4v) is 3.01. The first kappa shape index (κ1) is 16.0. The number of aryl methyl sites for hydroxylation is 1. The molecule has 0 spiro atoms. The van der Waals surface area contributed by atoms with Crippen molar-refractivity contribution in [1.29, 1.82) is 0 Å². The van der Waals surface area contributed by atoms with Crippen molar-refractivity contribution in [2.75, 3.05) is 40.3 Å². The number of carbonyl (C=O) groups excluding carboxylic acids is 1. The topological polar surface area (TPSA) is 45.9 Å². The van der Waals surface area contributed by atoms with Gasteiger partial charge in [-0.1, -0.05) is 12.1 Å². The smallest absolute Gasteiger partial charge is 0.257 e. The molecule has 1 atom stereocenters. The zero-order valence-corrected chi connectivity index (χ0v) is 14.0. The van der Waals surface area contributed by atoms with Gasteiger partial charge in [-0.05, 0) is 39.6 Å². The number of ether oxygens (including phenoxy) is 1. The maximum Gasteiger partial charge on any atom is 0.257 e. The van der Waals surface area contributed by atoms with Crippen LogP contribution in [0.2, 0.25) is 0 Å². The largest absolute Gasteiger partial charge is 0.461 e. The van der Waals surface area contributed by atoms with Crippen molar-refractivity contribution in [3.8, 4) is 0 Å². The van der Waals surface area contributed by atoms with Gasteiger partial charge in [0.25, 0.3) is 5.91 Å². The van der Waals surface area contributed by atoms with Crippen LogP contribution in [-0.4, -0.2) is 62.1 Å². The Morgan fingerprint density at radius 3 is 3.00 bits per heavy atom. The molecule has 2 aromatic rings. The van der Waals surface area contributed by atoms with Gasteiger partial charge in [0, 0.05) is 25.0 Å². The van der Waals surface area contributed by atoms with Crippen molar-refractivity contribution in [3.05, 3.63) is 35.6 Å². The van der Waals surface area contributed by atoms with E-state index in [1.807, 2.05) is 50.2 Å². The van der Waals surface area contributed by atoms with E-state index in [0.717, 1.165) is 24.1 Å². The summed E-state index contributed by atoms with van der Waals surface area (Å²) in [5.41, 5.74) is 1.33. The second kappa shape index (κ2) is 6.72. The van der Waals surface area contributed by atoms with Crippen LogP contribution in [0.3, 0.4) is 0 Å². The number of para-hydroxylation sites is 1. The molecule has 0 unspecified atom stereocenters. The van der Waals surface area contributed by atoms with Crippen molar-refractivity contribution in [1.82, 2.24) is 9.80 Å². The van der Waals surface area contributed by atoms with Crippen LogP contribution >= 0.6 is 0 Å². The zero-order chi connectivity index (χ0) is 16.4. The van der Waals surface area contributed by atoms with Gasteiger partial charge in [0.2, 0.25) is 0 Å². The Kier molecular flexibility index (Phi) is 4.68. The Bertz CT molecular complexity index is 693. The third-order valence-corrected chi connectivity index (χ3v) is 4.22. The lowest BCUT2D eigenvalue weighted by Gasteiger charge is -2.33. The molecule has 1 aromatic heterocycles. The van der Waals surface area contributed by atoms with Gasteiger partial charge < -0.3 is 19.0 Å². The highest BCUT2D eigenvalue weighted by Crippen LogP contribution is 2.24. The van der Waals surface area contributed by atoms with Gasteiger partial charge in [-0.2, -0.15) is 0 Å². The van der Waals surface area contributed by atoms with Crippen molar-refractivity contribution in [3.63, 3.8) is 0 Å². The monoisotopic (exact) mass is 316 g/mol. The summed E-state index contributed by atoms with van der Waals surface area (Å²) in [6.07, 6.45) is 1.04. The minimum Gasteiger partial charge on any atom is -0.461 e. The molecule has 1 aromatic carbocycles. The summed E-state index contributed by atoms with van der Waals surface area (Å²) in [7, 11) is 4.09. The minimum absolute atomic E-state index is 0.0307.